The molecule has 0 atom stereocenters. The second-order valence-corrected chi connectivity index (χ2v) is 11.5. The van der Waals surface area contributed by atoms with Gasteiger partial charge in [0.05, 0.1) is 5.52 Å². The van der Waals surface area contributed by atoms with Crippen LogP contribution in [0.1, 0.15) is 59.3 Å². The lowest BCUT2D eigenvalue weighted by Gasteiger charge is -2.24. The molecule has 0 unspecified atom stereocenters. The standard InChI is InChI=1S/C36H38N4O2/c1-4-7-18-39-21-16-24(17-22-39)36-38-33-32-30(26-12-10-11-13-28(26)37-32)31-27-15-14-25(40(19-8-5-2)20-9-6-3)23-29(27)41-34(31)35(33)42-36/h10-17,21-23H,4-9,18-20H2,1-3H3/p+1. The van der Waals surface area contributed by atoms with E-state index in [2.05, 4.69) is 102 Å². The Hall–Kier alpha value is -4.32. The van der Waals surface area contributed by atoms with Crippen LogP contribution in [0.4, 0.5) is 5.69 Å². The van der Waals surface area contributed by atoms with E-state index in [1.807, 2.05) is 0 Å². The Morgan fingerprint density at radius 1 is 0.786 bits per heavy atom. The molecule has 0 amide bonds. The number of hydrogen-bond acceptors (Lipinski definition) is 4. The van der Waals surface area contributed by atoms with Crippen LogP contribution in [0.5, 0.6) is 0 Å². The summed E-state index contributed by atoms with van der Waals surface area (Å²) in [5, 5.41) is 4.49. The summed E-state index contributed by atoms with van der Waals surface area (Å²) in [6.07, 6.45) is 11.3. The first-order chi connectivity index (χ1) is 20.7. The zero-order valence-corrected chi connectivity index (χ0v) is 24.9. The van der Waals surface area contributed by atoms with Crippen molar-refractivity contribution in [3.05, 3.63) is 67.0 Å². The number of pyridine rings is 1. The molecule has 1 N–H and O–H groups in total. The molecule has 6 heteroatoms. The van der Waals surface area contributed by atoms with Gasteiger partial charge in [-0.05, 0) is 31.0 Å². The van der Waals surface area contributed by atoms with Crippen LogP contribution in [0.15, 0.2) is 75.8 Å². The van der Waals surface area contributed by atoms with Gasteiger partial charge in [-0.25, -0.2) is 9.55 Å². The Bertz CT molecular complexity index is 2000. The molecule has 6 nitrogen and oxygen atoms in total. The van der Waals surface area contributed by atoms with Crippen molar-refractivity contribution in [3.8, 4) is 11.5 Å². The average Bonchev–Trinajstić information content (AvgIpc) is 3.73. The molecule has 4 heterocycles. The van der Waals surface area contributed by atoms with E-state index < -0.39 is 0 Å². The molecule has 42 heavy (non-hydrogen) atoms. The topological polar surface area (TPSA) is 62.1 Å². The van der Waals surface area contributed by atoms with Crippen LogP contribution in [0.25, 0.3) is 66.3 Å². The first kappa shape index (κ1) is 26.6. The largest absolute Gasteiger partial charge is 0.452 e. The molecule has 0 spiro atoms. The molecule has 0 radical (unpaired) electrons. The Kier molecular flexibility index (Phi) is 7.06. The van der Waals surface area contributed by atoms with Gasteiger partial charge in [-0.2, -0.15) is 0 Å². The van der Waals surface area contributed by atoms with Crippen molar-refractivity contribution in [2.24, 2.45) is 0 Å². The minimum atomic E-state index is 0.603. The predicted octanol–water partition coefficient (Wildman–Crippen LogP) is 9.52. The maximum Gasteiger partial charge on any atom is 0.228 e. The zero-order chi connectivity index (χ0) is 28.6. The molecule has 0 bridgehead atoms. The second-order valence-electron chi connectivity index (χ2n) is 11.5. The Balaban J connectivity index is 1.45. The summed E-state index contributed by atoms with van der Waals surface area (Å²) in [6.45, 7) is 9.84. The minimum absolute atomic E-state index is 0.603. The van der Waals surface area contributed by atoms with Crippen LogP contribution < -0.4 is 9.47 Å². The van der Waals surface area contributed by atoms with Crippen molar-refractivity contribution >= 4 is 60.5 Å². The van der Waals surface area contributed by atoms with Gasteiger partial charge in [0.1, 0.15) is 17.6 Å². The van der Waals surface area contributed by atoms with Gasteiger partial charge in [0.2, 0.25) is 11.5 Å². The number of aryl methyl sites for hydroxylation is 1. The molecular formula is C36H39N4O2+. The van der Waals surface area contributed by atoms with Crippen molar-refractivity contribution in [1.82, 2.24) is 9.97 Å². The van der Waals surface area contributed by atoms with Crippen molar-refractivity contribution in [3.63, 3.8) is 0 Å². The molecule has 0 aliphatic carbocycles. The molecule has 4 aromatic heterocycles. The summed E-state index contributed by atoms with van der Waals surface area (Å²) in [6, 6.07) is 19.4. The Morgan fingerprint density at radius 2 is 1.55 bits per heavy atom. The van der Waals surface area contributed by atoms with Crippen molar-refractivity contribution in [2.75, 3.05) is 18.0 Å². The number of rotatable bonds is 11. The third-order valence-electron chi connectivity index (χ3n) is 8.54. The Morgan fingerprint density at radius 3 is 2.31 bits per heavy atom. The summed E-state index contributed by atoms with van der Waals surface area (Å²) in [5.41, 5.74) is 7.38. The van der Waals surface area contributed by atoms with E-state index in [1.165, 1.54) is 43.2 Å². The first-order valence-electron chi connectivity index (χ1n) is 15.6. The quantitative estimate of drug-likeness (QED) is 0.160. The summed E-state index contributed by atoms with van der Waals surface area (Å²) < 4.78 is 15.5. The molecule has 0 fully saturated rings. The van der Waals surface area contributed by atoms with Crippen LogP contribution in [-0.2, 0) is 6.54 Å². The number of hydrogen-bond donors (Lipinski definition) is 1. The molecule has 0 aliphatic heterocycles. The van der Waals surface area contributed by atoms with Crippen LogP contribution in [0.3, 0.4) is 0 Å². The maximum absolute atomic E-state index is 6.73. The average molecular weight is 560 g/mol. The molecule has 214 valence electrons. The summed E-state index contributed by atoms with van der Waals surface area (Å²) in [5.74, 6) is 0.603. The lowest BCUT2D eigenvalue weighted by Crippen LogP contribution is -2.32. The third-order valence-corrected chi connectivity index (χ3v) is 8.54. The number of unbranched alkanes of at least 4 members (excludes halogenated alkanes) is 3. The van der Waals surface area contributed by atoms with Gasteiger partial charge in [-0.3, -0.25) is 0 Å². The maximum atomic E-state index is 6.73. The molecule has 0 saturated heterocycles. The van der Waals surface area contributed by atoms with Crippen LogP contribution in [-0.4, -0.2) is 23.1 Å². The number of nitrogens with one attached hydrogen (secondary N) is 1. The van der Waals surface area contributed by atoms with Gasteiger partial charge in [-0.15, -0.1) is 0 Å². The highest BCUT2D eigenvalue weighted by Gasteiger charge is 2.24. The number of anilines is 1. The Labute approximate surface area is 245 Å². The smallest absolute Gasteiger partial charge is 0.228 e. The van der Waals surface area contributed by atoms with Crippen LogP contribution in [0.2, 0.25) is 0 Å². The van der Waals surface area contributed by atoms with Gasteiger partial charge < -0.3 is 18.7 Å². The number of H-pyrrole nitrogens is 1. The highest BCUT2D eigenvalue weighted by Crippen LogP contribution is 2.45. The van der Waals surface area contributed by atoms with Crippen LogP contribution in [0, 0.1) is 0 Å². The van der Waals surface area contributed by atoms with E-state index in [1.54, 1.807) is 0 Å². The lowest BCUT2D eigenvalue weighted by atomic mass is 10.0. The highest BCUT2D eigenvalue weighted by atomic mass is 16.4. The number of furan rings is 1. The molecule has 0 aliphatic rings. The first-order valence-corrected chi connectivity index (χ1v) is 15.6. The van der Waals surface area contributed by atoms with E-state index in [-0.39, 0.29) is 0 Å². The van der Waals surface area contributed by atoms with Crippen molar-refractivity contribution in [2.45, 2.75) is 65.8 Å². The van der Waals surface area contributed by atoms with Crippen molar-refractivity contribution in [1.29, 1.82) is 0 Å². The van der Waals surface area contributed by atoms with Gasteiger partial charge in [0, 0.05) is 76.0 Å². The fraction of sp³-hybridized carbons (Fsp3) is 0.333. The van der Waals surface area contributed by atoms with Crippen molar-refractivity contribution < 1.29 is 13.4 Å². The van der Waals surface area contributed by atoms with Gasteiger partial charge >= 0.3 is 0 Å². The van der Waals surface area contributed by atoms with Crippen LogP contribution >= 0.6 is 0 Å². The minimum Gasteiger partial charge on any atom is -0.452 e. The van der Waals surface area contributed by atoms with Gasteiger partial charge in [0.25, 0.3) is 0 Å². The zero-order valence-electron chi connectivity index (χ0n) is 24.9. The molecular weight excluding hydrogens is 520 g/mol. The predicted molar refractivity (Wildman–Crippen MR) is 173 cm³/mol. The SMILES string of the molecule is CCCCN(CCCC)c1ccc2c(c1)oc1c3oc(-c4cc[n+](CCCC)cc4)nc3c3[nH]c4ccccc4c3c21. The number of aromatic amines is 1. The van der Waals surface area contributed by atoms with Gasteiger partial charge in [-0.1, -0.05) is 58.2 Å². The van der Waals surface area contributed by atoms with E-state index in [9.17, 15) is 0 Å². The van der Waals surface area contributed by atoms with Gasteiger partial charge in [0.15, 0.2) is 18.0 Å². The summed E-state index contributed by atoms with van der Waals surface area (Å²) in [7, 11) is 0. The lowest BCUT2D eigenvalue weighted by molar-refractivity contribution is -0.697. The number of benzene rings is 3. The molecule has 3 aromatic carbocycles. The van der Waals surface area contributed by atoms with E-state index in [4.69, 9.17) is 13.8 Å². The number of oxazole rings is 1. The summed E-state index contributed by atoms with van der Waals surface area (Å²) in [4.78, 5) is 11.2. The number of nitrogens with zero attached hydrogens (tertiary/aromatic N) is 3. The molecule has 7 rings (SSSR count). The second kappa shape index (κ2) is 11.2. The number of fused-ring (bicyclic) bond motifs is 10. The highest BCUT2D eigenvalue weighted by molar-refractivity contribution is 6.34. The van der Waals surface area contributed by atoms with E-state index in [0.29, 0.717) is 11.5 Å². The van der Waals surface area contributed by atoms with E-state index in [0.717, 1.165) is 75.5 Å². The third kappa shape index (κ3) is 4.50. The molecule has 0 saturated carbocycles. The fourth-order valence-corrected chi connectivity index (χ4v) is 6.19. The monoisotopic (exact) mass is 559 g/mol. The summed E-state index contributed by atoms with van der Waals surface area (Å²) >= 11 is 0. The number of para-hydroxylation sites is 1. The normalized spacial score (nSPS) is 12.1. The fourth-order valence-electron chi connectivity index (χ4n) is 6.19. The van der Waals surface area contributed by atoms with E-state index >= 15 is 0 Å². The number of aromatic nitrogens is 3. The molecule has 7 aromatic rings.